The Morgan fingerprint density at radius 1 is 1.10 bits per heavy atom. The third-order valence-electron chi connectivity index (χ3n) is 9.28. The van der Waals surface area contributed by atoms with Crippen LogP contribution in [0.1, 0.15) is 103 Å². The number of aromatic nitrogens is 1. The minimum atomic E-state index is -3.58. The Labute approximate surface area is 288 Å². The van der Waals surface area contributed by atoms with E-state index in [2.05, 4.69) is 19.9 Å². The number of likely N-dealkylation sites (N-methyl/N-ethyl adjacent to an activating group) is 2. The average Bonchev–Trinajstić information content (AvgIpc) is 3.74. The van der Waals surface area contributed by atoms with E-state index >= 15 is 0 Å². The molecule has 268 valence electrons. The number of para-hydroxylation sites is 1. The van der Waals surface area contributed by atoms with Crippen LogP contribution >= 0.6 is 0 Å². The number of fused-ring (bicyclic) bond motifs is 1. The molecule has 48 heavy (non-hydrogen) atoms. The molecule has 0 radical (unpaired) electrons. The fourth-order valence-electron chi connectivity index (χ4n) is 5.84. The number of carbonyl (C=O) groups excluding carboxylic acids is 3. The molecule has 1 aromatic carbocycles. The molecule has 2 heterocycles. The summed E-state index contributed by atoms with van der Waals surface area (Å²) in [6, 6.07) is 7.45. The van der Waals surface area contributed by atoms with Gasteiger partial charge in [0, 0.05) is 23.9 Å². The maximum atomic E-state index is 12.1. The quantitative estimate of drug-likeness (QED) is 0.107. The number of allylic oxidation sites excluding steroid dienone is 1. The van der Waals surface area contributed by atoms with Crippen LogP contribution in [0.4, 0.5) is 0 Å². The highest BCUT2D eigenvalue weighted by molar-refractivity contribution is 7.91. The zero-order valence-corrected chi connectivity index (χ0v) is 30.7. The molecule has 1 aliphatic carbocycles. The van der Waals surface area contributed by atoms with Gasteiger partial charge in [0.2, 0.25) is 10.0 Å². The largest absolute Gasteiger partial charge is 0.506 e. The van der Waals surface area contributed by atoms with Crippen LogP contribution in [-0.2, 0) is 30.8 Å². The smallest absolute Gasteiger partial charge is 0.250 e. The Bertz CT molecular complexity index is 1460. The van der Waals surface area contributed by atoms with E-state index in [9.17, 15) is 27.9 Å². The van der Waals surface area contributed by atoms with Gasteiger partial charge < -0.3 is 20.0 Å². The number of pyridine rings is 1. The summed E-state index contributed by atoms with van der Waals surface area (Å²) >= 11 is 0. The molecule has 1 aliphatic heterocycles. The monoisotopic (exact) mass is 686 g/mol. The molecule has 1 saturated carbocycles. The number of nitrogens with zero attached hydrogens (tertiary/aromatic N) is 2. The van der Waals surface area contributed by atoms with Crippen LogP contribution in [0.5, 0.6) is 5.75 Å². The van der Waals surface area contributed by atoms with E-state index in [1.165, 1.54) is 0 Å². The standard InChI is InChI=1S/C18H22N2O2.C17H30N2O4S.C2H6/c1-12-18(22)16(15-5-3-4-6-17(15)19-12)8-7-13-9-14(11-21)20(2)10-13;1-17(12-13-17)24(22,23)19-16(21)15(18-2)11-9-7-5-3-4-6-8-10-14-20;1-2/h3-6,11,13-14,22H,7-10H2,1-2H3;7,9,14-15,18H,3-6,8,10-13H2,1-2H3,(H,19,21);1-2H3/b;9-7-;. The van der Waals surface area contributed by atoms with Gasteiger partial charge in [-0.1, -0.05) is 57.0 Å². The van der Waals surface area contributed by atoms with Crippen LogP contribution in [0.15, 0.2) is 36.4 Å². The first kappa shape index (κ1) is 41.0. The molecule has 3 N–H and O–H groups in total. The van der Waals surface area contributed by atoms with Crippen molar-refractivity contribution in [3.63, 3.8) is 0 Å². The van der Waals surface area contributed by atoms with Crippen molar-refractivity contribution in [3.05, 3.63) is 47.7 Å². The minimum Gasteiger partial charge on any atom is -0.506 e. The lowest BCUT2D eigenvalue weighted by Gasteiger charge is -2.17. The van der Waals surface area contributed by atoms with Crippen molar-refractivity contribution in [1.29, 1.82) is 0 Å². The highest BCUT2D eigenvalue weighted by Crippen LogP contribution is 2.42. The Hall–Kier alpha value is -3.15. The van der Waals surface area contributed by atoms with Gasteiger partial charge in [-0.25, -0.2) is 13.4 Å². The first-order chi connectivity index (χ1) is 23.0. The van der Waals surface area contributed by atoms with Gasteiger partial charge in [-0.15, -0.1) is 0 Å². The van der Waals surface area contributed by atoms with Crippen molar-refractivity contribution in [2.45, 2.75) is 122 Å². The minimum absolute atomic E-state index is 0.0505. The number of aromatic hydroxyl groups is 1. The van der Waals surface area contributed by atoms with Crippen LogP contribution in [0.25, 0.3) is 10.9 Å². The number of rotatable bonds is 17. The molecule has 11 heteroatoms. The maximum absolute atomic E-state index is 12.1. The van der Waals surface area contributed by atoms with Crippen molar-refractivity contribution >= 4 is 39.4 Å². The molecule has 2 fully saturated rings. The van der Waals surface area contributed by atoms with Gasteiger partial charge >= 0.3 is 0 Å². The van der Waals surface area contributed by atoms with E-state index in [-0.39, 0.29) is 6.04 Å². The third kappa shape index (κ3) is 12.1. The summed E-state index contributed by atoms with van der Waals surface area (Å²) in [6.07, 6.45) is 16.0. The molecule has 2 aliphatic rings. The Kier molecular flexibility index (Phi) is 17.4. The van der Waals surface area contributed by atoms with E-state index in [0.29, 0.717) is 43.0 Å². The maximum Gasteiger partial charge on any atom is 0.250 e. The molecule has 1 amide bonds. The van der Waals surface area contributed by atoms with Gasteiger partial charge in [-0.3, -0.25) is 14.4 Å². The molecule has 3 unspecified atom stereocenters. The van der Waals surface area contributed by atoms with Crippen molar-refractivity contribution in [2.75, 3.05) is 20.6 Å². The SMILES string of the molecule is CC.CNC(C/C=C\CCCCCCC=O)C(=O)NS(=O)(=O)C1(C)CC1.Cc1nc2ccccc2c(CCC2CC(C=O)N(C)C2)c1O. The normalized spacial score (nSPS) is 19.1. The highest BCUT2D eigenvalue weighted by atomic mass is 32.2. The molecule has 10 nitrogen and oxygen atoms in total. The number of unbranched alkanes of at least 4 members (excludes halogenated alkanes) is 5. The lowest BCUT2D eigenvalue weighted by molar-refractivity contribution is -0.121. The molecule has 4 rings (SSSR count). The molecular weight excluding hydrogens is 628 g/mol. The topological polar surface area (TPSA) is 146 Å². The first-order valence-electron chi connectivity index (χ1n) is 17.5. The van der Waals surface area contributed by atoms with Crippen molar-refractivity contribution < 1.29 is 27.9 Å². The number of hydrogen-bond acceptors (Lipinski definition) is 9. The van der Waals surface area contributed by atoms with Gasteiger partial charge in [0.15, 0.2) is 0 Å². The summed E-state index contributed by atoms with van der Waals surface area (Å²) in [6.45, 7) is 8.45. The number of aldehydes is 2. The summed E-state index contributed by atoms with van der Waals surface area (Å²) in [7, 11) is 0.0721. The van der Waals surface area contributed by atoms with E-state index in [4.69, 9.17) is 0 Å². The van der Waals surface area contributed by atoms with Gasteiger partial charge in [-0.05, 0) is 97.7 Å². The number of nitrogens with one attached hydrogen (secondary N) is 2. The predicted molar refractivity (Wildman–Crippen MR) is 193 cm³/mol. The second-order valence-electron chi connectivity index (χ2n) is 13.0. The van der Waals surface area contributed by atoms with Crippen LogP contribution in [0, 0.1) is 12.8 Å². The highest BCUT2D eigenvalue weighted by Gasteiger charge is 2.51. The zero-order chi connectivity index (χ0) is 35.7. The molecule has 1 saturated heterocycles. The molecule has 0 spiro atoms. The van der Waals surface area contributed by atoms with Crippen LogP contribution in [-0.4, -0.2) is 79.4 Å². The fraction of sp³-hybridized carbons (Fsp3) is 0.622. The summed E-state index contributed by atoms with van der Waals surface area (Å²) in [5.41, 5.74) is 2.60. The Morgan fingerprint density at radius 2 is 1.77 bits per heavy atom. The van der Waals surface area contributed by atoms with Crippen LogP contribution < -0.4 is 10.0 Å². The molecule has 1 aromatic heterocycles. The van der Waals surface area contributed by atoms with Crippen LogP contribution in [0.3, 0.4) is 0 Å². The van der Waals surface area contributed by atoms with Crippen molar-refractivity contribution in [1.82, 2.24) is 19.9 Å². The summed E-state index contributed by atoms with van der Waals surface area (Å²) in [4.78, 5) is 39.9. The number of likely N-dealkylation sites (tertiary alicyclic amines) is 1. The number of hydrogen-bond donors (Lipinski definition) is 3. The lowest BCUT2D eigenvalue weighted by atomic mass is 9.94. The second-order valence-corrected chi connectivity index (χ2v) is 15.1. The number of amides is 1. The molecule has 2 aromatic rings. The van der Waals surface area contributed by atoms with Crippen LogP contribution in [0.2, 0.25) is 0 Å². The summed E-state index contributed by atoms with van der Waals surface area (Å²) in [5, 5.41) is 14.3. The number of carbonyl (C=O) groups is 3. The third-order valence-corrected chi connectivity index (χ3v) is 11.5. The Balaban J connectivity index is 0.000000318. The zero-order valence-electron chi connectivity index (χ0n) is 29.8. The molecule has 3 atom stereocenters. The molecule has 0 bridgehead atoms. The van der Waals surface area contributed by atoms with E-state index in [0.717, 1.165) is 87.0 Å². The number of benzene rings is 1. The van der Waals surface area contributed by atoms with E-state index in [1.54, 1.807) is 14.0 Å². The predicted octanol–water partition coefficient (Wildman–Crippen LogP) is 5.79. The van der Waals surface area contributed by atoms with E-state index in [1.807, 2.05) is 64.2 Å². The summed E-state index contributed by atoms with van der Waals surface area (Å²) in [5.74, 6) is 0.327. The van der Waals surface area contributed by atoms with E-state index < -0.39 is 26.7 Å². The van der Waals surface area contributed by atoms with Gasteiger partial charge in [0.25, 0.3) is 5.91 Å². The van der Waals surface area contributed by atoms with Gasteiger partial charge in [0.05, 0.1) is 28.0 Å². The van der Waals surface area contributed by atoms with Crippen molar-refractivity contribution in [2.24, 2.45) is 5.92 Å². The number of sulfonamides is 1. The van der Waals surface area contributed by atoms with Gasteiger partial charge in [-0.2, -0.15) is 0 Å². The summed E-state index contributed by atoms with van der Waals surface area (Å²) < 4.78 is 25.6. The molecular formula is C37H58N4O6S. The lowest BCUT2D eigenvalue weighted by Crippen LogP contribution is -2.47. The first-order valence-corrected chi connectivity index (χ1v) is 19.0. The van der Waals surface area contributed by atoms with Crippen molar-refractivity contribution in [3.8, 4) is 5.75 Å². The van der Waals surface area contributed by atoms with Gasteiger partial charge in [0.1, 0.15) is 18.3 Å². The number of aryl methyl sites for hydroxylation is 2. The fourth-order valence-corrected chi connectivity index (χ4v) is 7.13. The Morgan fingerprint density at radius 3 is 2.38 bits per heavy atom. The average molecular weight is 687 g/mol. The second kappa shape index (κ2) is 20.4.